The van der Waals surface area contributed by atoms with Crippen LogP contribution in [0.15, 0.2) is 24.3 Å². The molecule has 1 aromatic rings. The van der Waals surface area contributed by atoms with Crippen LogP contribution in [-0.4, -0.2) is 25.5 Å². The molecule has 3 N–H and O–H groups in total. The van der Waals surface area contributed by atoms with Gasteiger partial charge in [-0.2, -0.15) is 0 Å². The number of methoxy groups -OCH3 is 1. The fourth-order valence-electron chi connectivity index (χ4n) is 1.24. The van der Waals surface area contributed by atoms with E-state index in [1.165, 1.54) is 0 Å². The first-order chi connectivity index (χ1) is 8.67. The van der Waals surface area contributed by atoms with Gasteiger partial charge >= 0.3 is 0 Å². The molecule has 0 aliphatic rings. The highest BCUT2D eigenvalue weighted by Gasteiger charge is 2.05. The average molecular weight is 251 g/mol. The minimum Gasteiger partial charge on any atom is -0.495 e. The molecule has 1 aromatic carbocycles. The molecule has 0 radical (unpaired) electrons. The molecule has 98 valence electrons. The number of amides is 2. The van der Waals surface area contributed by atoms with Gasteiger partial charge < -0.3 is 10.1 Å². The number of nitrogens with one attached hydrogen (secondary N) is 3. The largest absolute Gasteiger partial charge is 0.495 e. The van der Waals surface area contributed by atoms with Crippen molar-refractivity contribution in [2.75, 3.05) is 19.0 Å². The molecule has 0 saturated carbocycles. The summed E-state index contributed by atoms with van der Waals surface area (Å²) in [6.07, 6.45) is 0.320. The molecule has 0 aromatic heterocycles. The third-order valence-electron chi connectivity index (χ3n) is 2.21. The number of hydrazine groups is 1. The van der Waals surface area contributed by atoms with Crippen molar-refractivity contribution in [1.29, 1.82) is 0 Å². The monoisotopic (exact) mass is 251 g/mol. The van der Waals surface area contributed by atoms with E-state index in [0.717, 1.165) is 5.69 Å². The van der Waals surface area contributed by atoms with E-state index in [1.54, 1.807) is 26.2 Å². The Kier molecular flexibility index (Phi) is 5.50. The number of anilines is 1. The Hall–Kier alpha value is -2.24. The van der Waals surface area contributed by atoms with Crippen LogP contribution >= 0.6 is 0 Å². The van der Waals surface area contributed by atoms with E-state index >= 15 is 0 Å². The van der Waals surface area contributed by atoms with Gasteiger partial charge in [-0.15, -0.1) is 0 Å². The van der Waals surface area contributed by atoms with E-state index in [2.05, 4.69) is 16.2 Å². The highest BCUT2D eigenvalue weighted by atomic mass is 16.5. The minimum atomic E-state index is -0.331. The first-order valence-corrected chi connectivity index (χ1v) is 5.62. The zero-order valence-corrected chi connectivity index (χ0v) is 10.4. The number of carbonyl (C=O) groups is 2. The van der Waals surface area contributed by atoms with Crippen molar-refractivity contribution in [3.8, 4) is 5.75 Å². The molecule has 0 spiro atoms. The number of hydrogen-bond donors (Lipinski definition) is 3. The Morgan fingerprint density at radius 1 is 1.17 bits per heavy atom. The van der Waals surface area contributed by atoms with Gasteiger partial charge in [-0.3, -0.25) is 20.4 Å². The molecule has 0 saturated heterocycles. The lowest BCUT2D eigenvalue weighted by Crippen LogP contribution is -2.43. The van der Waals surface area contributed by atoms with Crippen LogP contribution in [-0.2, 0) is 9.59 Å². The summed E-state index contributed by atoms with van der Waals surface area (Å²) < 4.78 is 5.13. The van der Waals surface area contributed by atoms with Crippen LogP contribution in [0.1, 0.15) is 13.3 Å². The van der Waals surface area contributed by atoms with Crippen molar-refractivity contribution in [3.05, 3.63) is 24.3 Å². The maximum absolute atomic E-state index is 11.4. The Bertz CT molecular complexity index is 421. The van der Waals surface area contributed by atoms with Gasteiger partial charge in [0.15, 0.2) is 0 Å². The second-order valence-electron chi connectivity index (χ2n) is 3.50. The van der Waals surface area contributed by atoms with E-state index < -0.39 is 0 Å². The van der Waals surface area contributed by atoms with Crippen molar-refractivity contribution in [2.24, 2.45) is 0 Å². The smallest absolute Gasteiger partial charge is 0.257 e. The van der Waals surface area contributed by atoms with Crippen molar-refractivity contribution in [1.82, 2.24) is 10.9 Å². The topological polar surface area (TPSA) is 79.5 Å². The predicted molar refractivity (Wildman–Crippen MR) is 68.1 cm³/mol. The first kappa shape index (κ1) is 13.8. The fraction of sp³-hybridized carbons (Fsp3) is 0.333. The SMILES string of the molecule is CCC(=O)NNC(=O)CNc1ccccc1OC. The molecule has 0 unspecified atom stereocenters. The summed E-state index contributed by atoms with van der Waals surface area (Å²) in [5.74, 6) is 0.0891. The predicted octanol–water partition coefficient (Wildman–Crippen LogP) is 0.664. The van der Waals surface area contributed by atoms with Crippen molar-refractivity contribution >= 4 is 17.5 Å². The molecule has 1 rings (SSSR count). The van der Waals surface area contributed by atoms with Crippen LogP contribution in [0, 0.1) is 0 Å². The lowest BCUT2D eigenvalue weighted by Gasteiger charge is -2.11. The number of rotatable bonds is 5. The maximum Gasteiger partial charge on any atom is 0.257 e. The summed E-state index contributed by atoms with van der Waals surface area (Å²) in [7, 11) is 1.56. The summed E-state index contributed by atoms with van der Waals surface area (Å²) in [5.41, 5.74) is 5.31. The summed E-state index contributed by atoms with van der Waals surface area (Å²) in [6, 6.07) is 7.27. The van der Waals surface area contributed by atoms with Gasteiger partial charge in [0.1, 0.15) is 5.75 Å². The molecule has 0 bridgehead atoms. The molecular formula is C12H17N3O3. The molecule has 2 amide bonds. The van der Waals surface area contributed by atoms with Crippen LogP contribution in [0.3, 0.4) is 0 Å². The maximum atomic E-state index is 11.4. The van der Waals surface area contributed by atoms with Gasteiger partial charge in [0.05, 0.1) is 19.3 Å². The third-order valence-corrected chi connectivity index (χ3v) is 2.21. The standard InChI is InChI=1S/C12H17N3O3/c1-3-11(16)14-15-12(17)8-13-9-6-4-5-7-10(9)18-2/h4-7,13H,3,8H2,1-2H3,(H,14,16)(H,15,17). The van der Waals surface area contributed by atoms with E-state index in [1.807, 2.05) is 12.1 Å². The second kappa shape index (κ2) is 7.16. The molecular weight excluding hydrogens is 234 g/mol. The van der Waals surface area contributed by atoms with Gasteiger partial charge in [-0.1, -0.05) is 19.1 Å². The molecule has 0 atom stereocenters. The van der Waals surface area contributed by atoms with Gasteiger partial charge in [-0.25, -0.2) is 0 Å². The van der Waals surface area contributed by atoms with Crippen LogP contribution in [0.4, 0.5) is 5.69 Å². The normalized spacial score (nSPS) is 9.44. The Morgan fingerprint density at radius 3 is 2.50 bits per heavy atom. The van der Waals surface area contributed by atoms with E-state index in [9.17, 15) is 9.59 Å². The van der Waals surface area contributed by atoms with Crippen LogP contribution < -0.4 is 20.9 Å². The van der Waals surface area contributed by atoms with Gasteiger partial charge in [0.2, 0.25) is 5.91 Å². The quantitative estimate of drug-likeness (QED) is 0.672. The molecule has 0 aliphatic heterocycles. The number of para-hydroxylation sites is 2. The molecule has 6 heteroatoms. The van der Waals surface area contributed by atoms with Crippen molar-refractivity contribution < 1.29 is 14.3 Å². The van der Waals surface area contributed by atoms with Crippen LogP contribution in [0.5, 0.6) is 5.75 Å². The summed E-state index contributed by atoms with van der Waals surface area (Å²) in [6.45, 7) is 1.75. The average Bonchev–Trinajstić information content (AvgIpc) is 2.42. The number of hydrogen-bond acceptors (Lipinski definition) is 4. The summed E-state index contributed by atoms with van der Waals surface area (Å²) in [5, 5.41) is 2.92. The fourth-order valence-corrected chi connectivity index (χ4v) is 1.24. The lowest BCUT2D eigenvalue weighted by molar-refractivity contribution is -0.127. The third kappa shape index (κ3) is 4.32. The molecule has 0 aliphatic carbocycles. The second-order valence-corrected chi connectivity index (χ2v) is 3.50. The van der Waals surface area contributed by atoms with E-state index in [-0.39, 0.29) is 18.4 Å². The summed E-state index contributed by atoms with van der Waals surface area (Å²) >= 11 is 0. The minimum absolute atomic E-state index is 0.0460. The first-order valence-electron chi connectivity index (χ1n) is 5.62. The summed E-state index contributed by atoms with van der Waals surface area (Å²) in [4.78, 5) is 22.3. The Morgan fingerprint density at radius 2 is 1.83 bits per heavy atom. The number of ether oxygens (including phenoxy) is 1. The zero-order valence-electron chi connectivity index (χ0n) is 10.4. The molecule has 0 fully saturated rings. The highest BCUT2D eigenvalue weighted by Crippen LogP contribution is 2.22. The molecule has 6 nitrogen and oxygen atoms in total. The van der Waals surface area contributed by atoms with Gasteiger partial charge in [0.25, 0.3) is 5.91 Å². The highest BCUT2D eigenvalue weighted by molar-refractivity contribution is 5.84. The lowest BCUT2D eigenvalue weighted by atomic mass is 10.3. The number of carbonyl (C=O) groups excluding carboxylic acids is 2. The van der Waals surface area contributed by atoms with E-state index in [0.29, 0.717) is 12.2 Å². The molecule has 18 heavy (non-hydrogen) atoms. The van der Waals surface area contributed by atoms with Crippen LogP contribution in [0.25, 0.3) is 0 Å². The van der Waals surface area contributed by atoms with Gasteiger partial charge in [-0.05, 0) is 12.1 Å². The van der Waals surface area contributed by atoms with Gasteiger partial charge in [0, 0.05) is 6.42 Å². The Labute approximate surface area is 106 Å². The molecule has 0 heterocycles. The van der Waals surface area contributed by atoms with E-state index in [4.69, 9.17) is 4.74 Å². The number of benzene rings is 1. The Balaban J connectivity index is 2.40. The zero-order chi connectivity index (χ0) is 13.4. The van der Waals surface area contributed by atoms with Crippen LogP contribution in [0.2, 0.25) is 0 Å². The van der Waals surface area contributed by atoms with Crippen molar-refractivity contribution in [2.45, 2.75) is 13.3 Å². The van der Waals surface area contributed by atoms with Crippen molar-refractivity contribution in [3.63, 3.8) is 0 Å².